The Morgan fingerprint density at radius 1 is 0.846 bits per heavy atom. The van der Waals surface area contributed by atoms with Crippen LogP contribution in [0.1, 0.15) is 26.3 Å². The van der Waals surface area contributed by atoms with Gasteiger partial charge in [0.15, 0.2) is 11.5 Å². The van der Waals surface area contributed by atoms with E-state index in [-0.39, 0.29) is 29.1 Å². The Morgan fingerprint density at radius 2 is 1.44 bits per heavy atom. The lowest BCUT2D eigenvalue weighted by Crippen LogP contribution is -2.52. The van der Waals surface area contributed by atoms with E-state index in [9.17, 15) is 18.0 Å². The number of hydrogen-bond donors (Lipinski definition) is 1. The van der Waals surface area contributed by atoms with E-state index < -0.39 is 28.5 Å². The van der Waals surface area contributed by atoms with Crippen LogP contribution in [0.25, 0.3) is 0 Å². The highest BCUT2D eigenvalue weighted by atomic mass is 32.2. The fourth-order valence-corrected chi connectivity index (χ4v) is 5.43. The maximum Gasteiger partial charge on any atom is 0.264 e. The van der Waals surface area contributed by atoms with Crippen molar-refractivity contribution in [2.75, 3.05) is 25.1 Å². The van der Waals surface area contributed by atoms with E-state index >= 15 is 0 Å². The summed E-state index contributed by atoms with van der Waals surface area (Å²) in [7, 11) is -1.36. The molecule has 3 aromatic carbocycles. The summed E-state index contributed by atoms with van der Waals surface area (Å²) in [5, 5.41) is 2.84. The van der Waals surface area contributed by atoms with Gasteiger partial charge in [0.2, 0.25) is 11.8 Å². The second-order valence-electron chi connectivity index (χ2n) is 9.21. The normalized spacial score (nSPS) is 11.9. The number of rotatable bonds is 12. The van der Waals surface area contributed by atoms with Crippen molar-refractivity contribution in [1.82, 2.24) is 10.2 Å². The molecule has 1 atom stereocenters. The fraction of sp³-hybridized carbons (Fsp3) is 0.310. The molecule has 0 bridgehead atoms. The van der Waals surface area contributed by atoms with Gasteiger partial charge in [0.1, 0.15) is 12.6 Å². The van der Waals surface area contributed by atoms with Crippen molar-refractivity contribution >= 4 is 27.5 Å². The van der Waals surface area contributed by atoms with Crippen LogP contribution in [0.15, 0.2) is 83.8 Å². The Morgan fingerprint density at radius 3 is 2.00 bits per heavy atom. The van der Waals surface area contributed by atoms with Gasteiger partial charge in [-0.15, -0.1) is 0 Å². The third-order valence-electron chi connectivity index (χ3n) is 6.06. The molecule has 10 heteroatoms. The fourth-order valence-electron chi connectivity index (χ4n) is 4.00. The quantitative estimate of drug-likeness (QED) is 0.365. The Hall–Kier alpha value is -4.05. The first kappa shape index (κ1) is 29.5. The van der Waals surface area contributed by atoms with Gasteiger partial charge in [-0.3, -0.25) is 13.9 Å². The number of methoxy groups -OCH3 is 2. The maximum atomic E-state index is 13.9. The second-order valence-corrected chi connectivity index (χ2v) is 11.1. The molecular formula is C29H35N3O6S. The lowest BCUT2D eigenvalue weighted by atomic mass is 10.1. The van der Waals surface area contributed by atoms with Gasteiger partial charge in [-0.25, -0.2) is 8.42 Å². The molecule has 1 N–H and O–H groups in total. The number of para-hydroxylation sites is 1. The number of hydrogen-bond acceptors (Lipinski definition) is 6. The van der Waals surface area contributed by atoms with Crippen molar-refractivity contribution in [3.05, 3.63) is 84.4 Å². The Bertz CT molecular complexity index is 1360. The molecule has 9 nitrogen and oxygen atoms in total. The summed E-state index contributed by atoms with van der Waals surface area (Å²) in [6.07, 6.45) is 0. The Kier molecular flexibility index (Phi) is 9.95. The molecule has 0 aliphatic rings. The highest BCUT2D eigenvalue weighted by molar-refractivity contribution is 7.92. The topological polar surface area (TPSA) is 105 Å². The van der Waals surface area contributed by atoms with Crippen molar-refractivity contribution in [2.24, 2.45) is 0 Å². The zero-order valence-electron chi connectivity index (χ0n) is 22.8. The molecule has 0 heterocycles. The highest BCUT2D eigenvalue weighted by Gasteiger charge is 2.33. The third-order valence-corrected chi connectivity index (χ3v) is 7.83. The van der Waals surface area contributed by atoms with Crippen LogP contribution in [0.2, 0.25) is 0 Å². The average Bonchev–Trinajstić information content (AvgIpc) is 2.94. The Labute approximate surface area is 230 Å². The van der Waals surface area contributed by atoms with Gasteiger partial charge in [0.05, 0.1) is 24.8 Å². The van der Waals surface area contributed by atoms with E-state index in [0.717, 1.165) is 9.87 Å². The van der Waals surface area contributed by atoms with E-state index in [4.69, 9.17) is 9.47 Å². The van der Waals surface area contributed by atoms with Crippen molar-refractivity contribution in [1.29, 1.82) is 0 Å². The first-order chi connectivity index (χ1) is 18.6. The summed E-state index contributed by atoms with van der Waals surface area (Å²) in [5.74, 6) is -0.248. The van der Waals surface area contributed by atoms with E-state index in [2.05, 4.69) is 5.32 Å². The molecule has 3 rings (SSSR count). The summed E-state index contributed by atoms with van der Waals surface area (Å²) in [6.45, 7) is 4.91. The third kappa shape index (κ3) is 7.29. The van der Waals surface area contributed by atoms with E-state index in [1.165, 1.54) is 37.3 Å². The number of benzene rings is 3. The second kappa shape index (κ2) is 13.1. The number of nitrogens with one attached hydrogen (secondary N) is 1. The van der Waals surface area contributed by atoms with Crippen molar-refractivity contribution < 1.29 is 27.5 Å². The van der Waals surface area contributed by atoms with E-state index in [1.54, 1.807) is 37.3 Å². The molecule has 3 aromatic rings. The van der Waals surface area contributed by atoms with Crippen molar-refractivity contribution in [3.8, 4) is 11.5 Å². The van der Waals surface area contributed by atoms with Crippen LogP contribution in [0, 0.1) is 0 Å². The molecule has 0 radical (unpaired) electrons. The van der Waals surface area contributed by atoms with Crippen molar-refractivity contribution in [2.45, 2.75) is 44.3 Å². The molecule has 0 saturated carbocycles. The largest absolute Gasteiger partial charge is 0.493 e. The van der Waals surface area contributed by atoms with Crippen LogP contribution in [0.5, 0.6) is 11.5 Å². The molecule has 0 aliphatic heterocycles. The summed E-state index contributed by atoms with van der Waals surface area (Å²) < 4.78 is 39.5. The maximum absolute atomic E-state index is 13.9. The molecular weight excluding hydrogens is 518 g/mol. The number of nitrogens with zero attached hydrogens (tertiary/aromatic N) is 2. The van der Waals surface area contributed by atoms with Gasteiger partial charge in [-0.05, 0) is 50.6 Å². The van der Waals surface area contributed by atoms with Gasteiger partial charge < -0.3 is 19.7 Å². The minimum absolute atomic E-state index is 0.0722. The van der Waals surface area contributed by atoms with Crippen LogP contribution in [0.3, 0.4) is 0 Å². The number of sulfonamides is 1. The monoisotopic (exact) mass is 553 g/mol. The molecule has 0 aliphatic carbocycles. The molecule has 2 amide bonds. The first-order valence-electron chi connectivity index (χ1n) is 12.5. The van der Waals surface area contributed by atoms with E-state index in [0.29, 0.717) is 11.4 Å². The number of anilines is 1. The molecule has 39 heavy (non-hydrogen) atoms. The average molecular weight is 554 g/mol. The lowest BCUT2D eigenvalue weighted by Gasteiger charge is -2.32. The molecule has 0 unspecified atom stereocenters. The standard InChI is InChI=1S/C29H35N3O6S/c1-21(2)30-29(34)22(3)31(19-23-12-8-6-9-13-23)28(33)20-32(24-14-10-7-11-15-24)39(35,36)25-16-17-26(37-4)27(18-25)38-5/h6-18,21-22H,19-20H2,1-5H3,(H,30,34)/t22-/m0/s1. The van der Waals surface area contributed by atoms with Crippen LogP contribution in [-0.2, 0) is 26.2 Å². The first-order valence-corrected chi connectivity index (χ1v) is 14.0. The molecule has 208 valence electrons. The number of carbonyl (C=O) groups excluding carboxylic acids is 2. The minimum Gasteiger partial charge on any atom is -0.493 e. The zero-order chi connectivity index (χ0) is 28.6. The molecule has 0 fully saturated rings. The van der Waals surface area contributed by atoms with Gasteiger partial charge in [0, 0.05) is 18.7 Å². The number of amides is 2. The number of ether oxygens (including phenoxy) is 2. The van der Waals surface area contributed by atoms with Gasteiger partial charge >= 0.3 is 0 Å². The lowest BCUT2D eigenvalue weighted by molar-refractivity contribution is -0.139. The van der Waals surface area contributed by atoms with Crippen LogP contribution in [-0.4, -0.2) is 58.0 Å². The van der Waals surface area contributed by atoms with E-state index in [1.807, 2.05) is 44.2 Å². The number of carbonyl (C=O) groups is 2. The van der Waals surface area contributed by atoms with Crippen molar-refractivity contribution in [3.63, 3.8) is 0 Å². The zero-order valence-corrected chi connectivity index (χ0v) is 23.6. The van der Waals surface area contributed by atoms with Crippen LogP contribution >= 0.6 is 0 Å². The van der Waals surface area contributed by atoms with Gasteiger partial charge in [-0.1, -0.05) is 48.5 Å². The summed E-state index contributed by atoms with van der Waals surface area (Å²) in [5.41, 5.74) is 1.11. The van der Waals surface area contributed by atoms with Gasteiger partial charge in [0.25, 0.3) is 10.0 Å². The summed E-state index contributed by atoms with van der Waals surface area (Å²) in [6, 6.07) is 20.9. The summed E-state index contributed by atoms with van der Waals surface area (Å²) in [4.78, 5) is 28.1. The molecule has 0 aromatic heterocycles. The SMILES string of the molecule is COc1ccc(S(=O)(=O)N(CC(=O)N(Cc2ccccc2)[C@@H](C)C(=O)NC(C)C)c2ccccc2)cc1OC. The highest BCUT2D eigenvalue weighted by Crippen LogP contribution is 2.32. The molecule has 0 saturated heterocycles. The Balaban J connectivity index is 2.03. The van der Waals surface area contributed by atoms with Crippen LogP contribution in [0.4, 0.5) is 5.69 Å². The summed E-state index contributed by atoms with van der Waals surface area (Å²) >= 11 is 0. The predicted octanol–water partition coefficient (Wildman–Crippen LogP) is 3.84. The predicted molar refractivity (Wildman–Crippen MR) is 150 cm³/mol. The minimum atomic E-state index is -4.23. The van der Waals surface area contributed by atoms with Crippen LogP contribution < -0.4 is 19.1 Å². The smallest absolute Gasteiger partial charge is 0.264 e. The molecule has 0 spiro atoms. The van der Waals surface area contributed by atoms with Gasteiger partial charge in [-0.2, -0.15) is 0 Å².